The first kappa shape index (κ1) is 17.8. The molecular formula is C19H21N3O4. The van der Waals surface area contributed by atoms with E-state index in [1.54, 1.807) is 22.5 Å². The molecule has 7 heteroatoms. The van der Waals surface area contributed by atoms with Gasteiger partial charge in [0, 0.05) is 18.7 Å². The number of amides is 3. The van der Waals surface area contributed by atoms with Crippen LogP contribution in [0.1, 0.15) is 21.5 Å². The molecule has 7 nitrogen and oxygen atoms in total. The number of rotatable bonds is 5. The number of hydrogen-bond acceptors (Lipinski definition) is 4. The van der Waals surface area contributed by atoms with Gasteiger partial charge >= 0.3 is 6.03 Å². The monoisotopic (exact) mass is 355 g/mol. The van der Waals surface area contributed by atoms with E-state index in [4.69, 9.17) is 9.94 Å². The molecule has 0 saturated heterocycles. The normalized spacial score (nSPS) is 12.9. The van der Waals surface area contributed by atoms with Gasteiger partial charge < -0.3 is 15.0 Å². The SMILES string of the molecule is O=C(NO)c1ccc2c(c1)CCN(C(=O)NCCOc1ccccc1)C2. The molecule has 2 aromatic rings. The highest BCUT2D eigenvalue weighted by atomic mass is 16.5. The van der Waals surface area contributed by atoms with E-state index in [1.807, 2.05) is 36.4 Å². The summed E-state index contributed by atoms with van der Waals surface area (Å²) < 4.78 is 5.55. The maximum atomic E-state index is 12.3. The first-order valence-electron chi connectivity index (χ1n) is 8.44. The quantitative estimate of drug-likeness (QED) is 0.434. The molecule has 0 saturated carbocycles. The van der Waals surface area contributed by atoms with Gasteiger partial charge in [0.15, 0.2) is 0 Å². The molecule has 0 fully saturated rings. The van der Waals surface area contributed by atoms with Gasteiger partial charge in [-0.2, -0.15) is 0 Å². The summed E-state index contributed by atoms with van der Waals surface area (Å²) in [6.07, 6.45) is 0.663. The second kappa shape index (κ2) is 8.35. The number of ether oxygens (including phenoxy) is 1. The molecule has 1 aliphatic heterocycles. The second-order valence-corrected chi connectivity index (χ2v) is 5.99. The Morgan fingerprint density at radius 2 is 1.92 bits per heavy atom. The van der Waals surface area contributed by atoms with E-state index in [-0.39, 0.29) is 6.03 Å². The Kier molecular flexibility index (Phi) is 5.70. The van der Waals surface area contributed by atoms with Gasteiger partial charge in [-0.3, -0.25) is 10.0 Å². The highest BCUT2D eigenvalue weighted by molar-refractivity contribution is 5.93. The lowest BCUT2D eigenvalue weighted by molar-refractivity contribution is 0.0706. The molecule has 136 valence electrons. The van der Waals surface area contributed by atoms with Crippen molar-refractivity contribution in [3.05, 3.63) is 65.2 Å². The smallest absolute Gasteiger partial charge is 0.317 e. The van der Waals surface area contributed by atoms with Crippen molar-refractivity contribution in [2.24, 2.45) is 0 Å². The standard InChI is InChI=1S/C19H21N3O4/c23-18(21-25)15-6-7-16-13-22(10-8-14(16)12-15)19(24)20-9-11-26-17-4-2-1-3-5-17/h1-7,12,25H,8-11,13H2,(H,20,24)(H,21,23). The van der Waals surface area contributed by atoms with E-state index in [2.05, 4.69) is 5.32 Å². The molecule has 3 rings (SSSR count). The largest absolute Gasteiger partial charge is 0.492 e. The predicted octanol–water partition coefficient (Wildman–Crippen LogP) is 1.95. The van der Waals surface area contributed by atoms with Crippen LogP contribution in [0.5, 0.6) is 5.75 Å². The summed E-state index contributed by atoms with van der Waals surface area (Å²) >= 11 is 0. The van der Waals surface area contributed by atoms with Crippen molar-refractivity contribution >= 4 is 11.9 Å². The molecule has 0 aromatic heterocycles. The minimum Gasteiger partial charge on any atom is -0.492 e. The molecule has 0 bridgehead atoms. The molecule has 3 amide bonds. The number of carbonyl (C=O) groups excluding carboxylic acids is 2. The topological polar surface area (TPSA) is 90.9 Å². The number of nitrogens with one attached hydrogen (secondary N) is 2. The molecule has 0 radical (unpaired) electrons. The lowest BCUT2D eigenvalue weighted by Gasteiger charge is -2.29. The number of benzene rings is 2. The average molecular weight is 355 g/mol. The van der Waals surface area contributed by atoms with Crippen molar-refractivity contribution in [2.75, 3.05) is 19.7 Å². The number of nitrogens with zero attached hydrogens (tertiary/aromatic N) is 1. The highest BCUT2D eigenvalue weighted by Crippen LogP contribution is 2.20. The summed E-state index contributed by atoms with van der Waals surface area (Å²) in [6, 6.07) is 14.5. The van der Waals surface area contributed by atoms with E-state index < -0.39 is 5.91 Å². The molecule has 0 aliphatic carbocycles. The van der Waals surface area contributed by atoms with Crippen LogP contribution in [-0.2, 0) is 13.0 Å². The van der Waals surface area contributed by atoms with Gasteiger partial charge in [-0.25, -0.2) is 10.3 Å². The van der Waals surface area contributed by atoms with Gasteiger partial charge in [0.25, 0.3) is 5.91 Å². The number of para-hydroxylation sites is 1. The Morgan fingerprint density at radius 1 is 1.12 bits per heavy atom. The Hall–Kier alpha value is -3.06. The average Bonchev–Trinajstić information content (AvgIpc) is 2.70. The fourth-order valence-corrected chi connectivity index (χ4v) is 2.89. The molecule has 0 atom stereocenters. The Morgan fingerprint density at radius 3 is 2.69 bits per heavy atom. The third-order valence-corrected chi connectivity index (χ3v) is 4.26. The number of fused-ring (bicyclic) bond motifs is 1. The van der Waals surface area contributed by atoms with Crippen molar-refractivity contribution in [3.8, 4) is 5.75 Å². The zero-order valence-electron chi connectivity index (χ0n) is 14.3. The van der Waals surface area contributed by atoms with Crippen molar-refractivity contribution in [2.45, 2.75) is 13.0 Å². The third kappa shape index (κ3) is 4.31. The van der Waals surface area contributed by atoms with Crippen molar-refractivity contribution in [1.29, 1.82) is 0 Å². The predicted molar refractivity (Wildman–Crippen MR) is 95.1 cm³/mol. The second-order valence-electron chi connectivity index (χ2n) is 5.99. The number of hydrogen-bond donors (Lipinski definition) is 3. The van der Waals surface area contributed by atoms with Gasteiger partial charge in [0.05, 0.1) is 6.54 Å². The number of hydroxylamine groups is 1. The van der Waals surface area contributed by atoms with Crippen LogP contribution in [0.3, 0.4) is 0 Å². The summed E-state index contributed by atoms with van der Waals surface area (Å²) in [4.78, 5) is 25.5. The summed E-state index contributed by atoms with van der Waals surface area (Å²) in [5, 5.41) is 11.6. The Balaban J connectivity index is 1.48. The molecule has 1 heterocycles. The van der Waals surface area contributed by atoms with Crippen LogP contribution in [0.4, 0.5) is 4.79 Å². The van der Waals surface area contributed by atoms with Crippen LogP contribution in [0.25, 0.3) is 0 Å². The number of carbonyl (C=O) groups is 2. The zero-order chi connectivity index (χ0) is 18.4. The highest BCUT2D eigenvalue weighted by Gasteiger charge is 2.21. The molecule has 2 aromatic carbocycles. The van der Waals surface area contributed by atoms with Gasteiger partial charge in [-0.15, -0.1) is 0 Å². The lowest BCUT2D eigenvalue weighted by Crippen LogP contribution is -2.44. The van der Waals surface area contributed by atoms with Gasteiger partial charge in [0.1, 0.15) is 12.4 Å². The zero-order valence-corrected chi connectivity index (χ0v) is 14.3. The van der Waals surface area contributed by atoms with Crippen molar-refractivity contribution in [1.82, 2.24) is 15.7 Å². The minimum atomic E-state index is -0.536. The molecule has 0 spiro atoms. The van der Waals surface area contributed by atoms with Crippen molar-refractivity contribution < 1.29 is 19.5 Å². The van der Waals surface area contributed by atoms with Crippen LogP contribution in [0, 0.1) is 0 Å². The fourth-order valence-electron chi connectivity index (χ4n) is 2.89. The Bertz CT molecular complexity index is 780. The van der Waals surface area contributed by atoms with Crippen LogP contribution >= 0.6 is 0 Å². The summed E-state index contributed by atoms with van der Waals surface area (Å²) in [6.45, 7) is 1.89. The van der Waals surface area contributed by atoms with Crippen molar-refractivity contribution in [3.63, 3.8) is 0 Å². The Labute approximate surface area is 151 Å². The van der Waals surface area contributed by atoms with E-state index in [0.29, 0.717) is 38.2 Å². The number of urea groups is 1. The van der Waals surface area contributed by atoms with E-state index >= 15 is 0 Å². The molecule has 3 N–H and O–H groups in total. The summed E-state index contributed by atoms with van der Waals surface area (Å²) in [5.74, 6) is 0.239. The minimum absolute atomic E-state index is 0.135. The first-order chi connectivity index (χ1) is 12.7. The molecule has 26 heavy (non-hydrogen) atoms. The van der Waals surface area contributed by atoms with Crippen LogP contribution < -0.4 is 15.5 Å². The maximum absolute atomic E-state index is 12.3. The van der Waals surface area contributed by atoms with Gasteiger partial charge in [0.2, 0.25) is 0 Å². The lowest BCUT2D eigenvalue weighted by atomic mass is 9.97. The van der Waals surface area contributed by atoms with E-state index in [9.17, 15) is 9.59 Å². The molecule has 0 unspecified atom stereocenters. The summed E-state index contributed by atoms with van der Waals surface area (Å²) in [5.41, 5.74) is 4.05. The van der Waals surface area contributed by atoms with Gasteiger partial charge in [-0.05, 0) is 41.8 Å². The summed E-state index contributed by atoms with van der Waals surface area (Å²) in [7, 11) is 0. The third-order valence-electron chi connectivity index (χ3n) is 4.26. The van der Waals surface area contributed by atoms with Gasteiger partial charge in [-0.1, -0.05) is 24.3 Å². The molecular weight excluding hydrogens is 334 g/mol. The van der Waals surface area contributed by atoms with Crippen LogP contribution in [-0.4, -0.2) is 41.7 Å². The van der Waals surface area contributed by atoms with Crippen LogP contribution in [0.2, 0.25) is 0 Å². The maximum Gasteiger partial charge on any atom is 0.317 e. The van der Waals surface area contributed by atoms with E-state index in [1.165, 1.54) is 0 Å². The molecule has 1 aliphatic rings. The first-order valence-corrected chi connectivity index (χ1v) is 8.44. The van der Waals surface area contributed by atoms with E-state index in [0.717, 1.165) is 16.9 Å². The van der Waals surface area contributed by atoms with Crippen LogP contribution in [0.15, 0.2) is 48.5 Å². The fraction of sp³-hybridized carbons (Fsp3) is 0.263.